The summed E-state index contributed by atoms with van der Waals surface area (Å²) in [6, 6.07) is 0.256. The van der Waals surface area contributed by atoms with Crippen molar-refractivity contribution >= 4 is 16.5 Å². The van der Waals surface area contributed by atoms with E-state index in [-0.39, 0.29) is 6.04 Å². The summed E-state index contributed by atoms with van der Waals surface area (Å²) in [7, 11) is 0. The summed E-state index contributed by atoms with van der Waals surface area (Å²) in [5, 5.41) is 9.43. The van der Waals surface area contributed by atoms with Crippen molar-refractivity contribution in [3.8, 4) is 0 Å². The highest BCUT2D eigenvalue weighted by Crippen LogP contribution is 2.34. The Kier molecular flexibility index (Phi) is 3.02. The van der Waals surface area contributed by atoms with Crippen LogP contribution in [0.2, 0.25) is 0 Å². The van der Waals surface area contributed by atoms with E-state index in [1.807, 2.05) is 11.8 Å². The van der Waals surface area contributed by atoms with E-state index in [1.165, 1.54) is 0 Å². The molecule has 0 bridgehead atoms. The molecule has 0 radical (unpaired) electrons. The van der Waals surface area contributed by atoms with Gasteiger partial charge in [-0.1, -0.05) is 11.3 Å². The van der Waals surface area contributed by atoms with Gasteiger partial charge in [0.05, 0.1) is 0 Å². The number of halogens is 3. The Hall–Kier alpha value is -0.890. The third kappa shape index (κ3) is 2.43. The van der Waals surface area contributed by atoms with E-state index in [0.29, 0.717) is 29.6 Å². The first-order valence-corrected chi connectivity index (χ1v) is 5.67. The standard InChI is InChI=1S/C8H11F3N4S/c1-5-4-15(3-2-12-5)7-14-13-6(16-7)8(9,10)11/h5,12H,2-4H2,1H3/t5-/m1/s1. The van der Waals surface area contributed by atoms with Crippen molar-refractivity contribution in [2.45, 2.75) is 19.1 Å². The molecule has 0 amide bonds. The van der Waals surface area contributed by atoms with Gasteiger partial charge in [-0.15, -0.1) is 10.2 Å². The summed E-state index contributed by atoms with van der Waals surface area (Å²) in [5.41, 5.74) is 0. The predicted octanol–water partition coefficient (Wildman–Crippen LogP) is 1.35. The molecule has 4 nitrogen and oxygen atoms in total. The second-order valence-electron chi connectivity index (χ2n) is 3.69. The fourth-order valence-corrected chi connectivity index (χ4v) is 2.31. The molecule has 0 aromatic carbocycles. The van der Waals surface area contributed by atoms with Crippen LogP contribution in [0, 0.1) is 0 Å². The molecular weight excluding hydrogens is 241 g/mol. The first-order chi connectivity index (χ1) is 7.47. The van der Waals surface area contributed by atoms with E-state index >= 15 is 0 Å². The Labute approximate surface area is 94.5 Å². The maximum Gasteiger partial charge on any atom is 0.445 e. The van der Waals surface area contributed by atoms with Crippen molar-refractivity contribution in [1.82, 2.24) is 15.5 Å². The molecule has 0 unspecified atom stereocenters. The Morgan fingerprint density at radius 3 is 2.75 bits per heavy atom. The Bertz CT molecular complexity index is 364. The van der Waals surface area contributed by atoms with Crippen LogP contribution in [-0.2, 0) is 6.18 Å². The minimum atomic E-state index is -4.39. The largest absolute Gasteiger partial charge is 0.445 e. The summed E-state index contributed by atoms with van der Waals surface area (Å²) >= 11 is 0.599. The average molecular weight is 252 g/mol. The summed E-state index contributed by atoms with van der Waals surface area (Å²) in [6.45, 7) is 4.06. The average Bonchev–Trinajstić information content (AvgIpc) is 2.65. The highest BCUT2D eigenvalue weighted by Gasteiger charge is 2.36. The van der Waals surface area contributed by atoms with Crippen LogP contribution in [0.4, 0.5) is 18.3 Å². The van der Waals surface area contributed by atoms with E-state index in [4.69, 9.17) is 0 Å². The first-order valence-electron chi connectivity index (χ1n) is 4.86. The van der Waals surface area contributed by atoms with Crippen LogP contribution in [0.25, 0.3) is 0 Å². The molecule has 1 aromatic rings. The summed E-state index contributed by atoms with van der Waals surface area (Å²) < 4.78 is 37.0. The second-order valence-corrected chi connectivity index (χ2v) is 4.64. The molecule has 0 aliphatic carbocycles. The molecule has 0 spiro atoms. The molecule has 1 aliphatic rings. The van der Waals surface area contributed by atoms with Gasteiger partial charge < -0.3 is 10.2 Å². The molecule has 1 aromatic heterocycles. The van der Waals surface area contributed by atoms with Gasteiger partial charge in [-0.3, -0.25) is 0 Å². The van der Waals surface area contributed by atoms with Crippen LogP contribution in [-0.4, -0.2) is 35.9 Å². The number of nitrogens with one attached hydrogen (secondary N) is 1. The number of piperazine rings is 1. The molecule has 90 valence electrons. The van der Waals surface area contributed by atoms with Gasteiger partial charge in [-0.25, -0.2) is 0 Å². The Morgan fingerprint density at radius 2 is 2.19 bits per heavy atom. The zero-order valence-corrected chi connectivity index (χ0v) is 9.40. The van der Waals surface area contributed by atoms with Gasteiger partial charge in [-0.2, -0.15) is 13.2 Å². The summed E-state index contributed by atoms with van der Waals surface area (Å²) in [6.07, 6.45) is -4.39. The van der Waals surface area contributed by atoms with Gasteiger partial charge in [0.15, 0.2) is 0 Å². The maximum absolute atomic E-state index is 12.3. The molecule has 16 heavy (non-hydrogen) atoms. The summed E-state index contributed by atoms with van der Waals surface area (Å²) in [4.78, 5) is 1.83. The number of hydrogen-bond donors (Lipinski definition) is 1. The Balaban J connectivity index is 2.12. The Morgan fingerprint density at radius 1 is 1.44 bits per heavy atom. The fraction of sp³-hybridized carbons (Fsp3) is 0.750. The highest BCUT2D eigenvalue weighted by atomic mass is 32.1. The quantitative estimate of drug-likeness (QED) is 0.819. The fourth-order valence-electron chi connectivity index (χ4n) is 1.56. The number of nitrogens with zero attached hydrogens (tertiary/aromatic N) is 3. The molecular formula is C8H11F3N4S. The lowest BCUT2D eigenvalue weighted by molar-refractivity contribution is -0.138. The zero-order valence-electron chi connectivity index (χ0n) is 8.58. The molecule has 0 saturated carbocycles. The molecule has 1 fully saturated rings. The third-order valence-corrected chi connectivity index (χ3v) is 3.32. The third-order valence-electron chi connectivity index (χ3n) is 2.30. The van der Waals surface area contributed by atoms with Crippen molar-refractivity contribution in [1.29, 1.82) is 0 Å². The first kappa shape index (κ1) is 11.6. The second kappa shape index (κ2) is 4.17. The van der Waals surface area contributed by atoms with E-state index in [9.17, 15) is 13.2 Å². The number of hydrogen-bond acceptors (Lipinski definition) is 5. The van der Waals surface area contributed by atoms with E-state index in [2.05, 4.69) is 15.5 Å². The molecule has 1 aliphatic heterocycles. The van der Waals surface area contributed by atoms with Crippen LogP contribution >= 0.6 is 11.3 Å². The molecule has 2 rings (SSSR count). The number of alkyl halides is 3. The van der Waals surface area contributed by atoms with Crippen LogP contribution in [0.3, 0.4) is 0 Å². The molecule has 1 N–H and O–H groups in total. The van der Waals surface area contributed by atoms with Crippen LogP contribution in [0.1, 0.15) is 11.9 Å². The number of rotatable bonds is 1. The van der Waals surface area contributed by atoms with Crippen LogP contribution in [0.15, 0.2) is 0 Å². The predicted molar refractivity (Wildman–Crippen MR) is 54.6 cm³/mol. The minimum Gasteiger partial charge on any atom is -0.344 e. The van der Waals surface area contributed by atoms with Crippen molar-refractivity contribution in [3.05, 3.63) is 5.01 Å². The van der Waals surface area contributed by atoms with Gasteiger partial charge in [0, 0.05) is 25.7 Å². The summed E-state index contributed by atoms with van der Waals surface area (Å²) in [5.74, 6) is 0. The molecule has 1 atom stereocenters. The SMILES string of the molecule is C[C@@H]1CN(c2nnc(C(F)(F)F)s2)CCN1. The lowest BCUT2D eigenvalue weighted by Crippen LogP contribution is -2.49. The lowest BCUT2D eigenvalue weighted by atomic mass is 10.2. The van der Waals surface area contributed by atoms with Crippen LogP contribution in [0.5, 0.6) is 0 Å². The lowest BCUT2D eigenvalue weighted by Gasteiger charge is -2.31. The molecule has 1 saturated heterocycles. The van der Waals surface area contributed by atoms with E-state index < -0.39 is 11.2 Å². The highest BCUT2D eigenvalue weighted by molar-refractivity contribution is 7.15. The minimum absolute atomic E-state index is 0.256. The van der Waals surface area contributed by atoms with Gasteiger partial charge in [-0.05, 0) is 6.92 Å². The number of anilines is 1. The zero-order chi connectivity index (χ0) is 11.8. The van der Waals surface area contributed by atoms with Gasteiger partial charge in [0.25, 0.3) is 0 Å². The normalized spacial score (nSPS) is 22.5. The molecule has 8 heteroatoms. The van der Waals surface area contributed by atoms with Crippen molar-refractivity contribution in [2.24, 2.45) is 0 Å². The van der Waals surface area contributed by atoms with E-state index in [0.717, 1.165) is 6.54 Å². The smallest absolute Gasteiger partial charge is 0.344 e. The van der Waals surface area contributed by atoms with Crippen molar-refractivity contribution in [3.63, 3.8) is 0 Å². The molecule has 2 heterocycles. The van der Waals surface area contributed by atoms with E-state index in [1.54, 1.807) is 0 Å². The van der Waals surface area contributed by atoms with Gasteiger partial charge in [0.2, 0.25) is 10.1 Å². The topological polar surface area (TPSA) is 41.1 Å². The maximum atomic E-state index is 12.3. The van der Waals surface area contributed by atoms with Gasteiger partial charge in [0.1, 0.15) is 0 Å². The number of aromatic nitrogens is 2. The van der Waals surface area contributed by atoms with Crippen molar-refractivity contribution < 1.29 is 13.2 Å². The van der Waals surface area contributed by atoms with Crippen LogP contribution < -0.4 is 10.2 Å². The van der Waals surface area contributed by atoms with Gasteiger partial charge >= 0.3 is 6.18 Å². The monoisotopic (exact) mass is 252 g/mol. The van der Waals surface area contributed by atoms with Crippen molar-refractivity contribution in [2.75, 3.05) is 24.5 Å².